The summed E-state index contributed by atoms with van der Waals surface area (Å²) in [5.41, 5.74) is 1.54. The molecule has 1 atom stereocenters. The van der Waals surface area contributed by atoms with Crippen LogP contribution >= 0.6 is 11.3 Å². The van der Waals surface area contributed by atoms with Crippen LogP contribution in [0.2, 0.25) is 0 Å². The summed E-state index contributed by atoms with van der Waals surface area (Å²) in [6.45, 7) is 6.73. The molecular weight excluding hydrogens is 322 g/mol. The van der Waals surface area contributed by atoms with Crippen LogP contribution in [0.1, 0.15) is 27.0 Å². The van der Waals surface area contributed by atoms with Crippen LogP contribution in [0, 0.1) is 6.92 Å². The van der Waals surface area contributed by atoms with Crippen molar-refractivity contribution in [1.29, 1.82) is 0 Å². The highest BCUT2D eigenvalue weighted by Gasteiger charge is 2.25. The maximum Gasteiger partial charge on any atom is 0.254 e. The first-order valence-electron chi connectivity index (χ1n) is 8.29. The van der Waals surface area contributed by atoms with Gasteiger partial charge < -0.3 is 10.2 Å². The van der Waals surface area contributed by atoms with E-state index in [1.807, 2.05) is 14.0 Å². The molecule has 1 aliphatic rings. The van der Waals surface area contributed by atoms with E-state index in [2.05, 4.69) is 44.8 Å². The maximum absolute atomic E-state index is 12.5. The van der Waals surface area contributed by atoms with E-state index in [-0.39, 0.29) is 11.9 Å². The number of nitrogens with zero attached hydrogens (tertiary/aromatic N) is 4. The number of carbonyl (C=O) groups is 1. The fourth-order valence-electron chi connectivity index (χ4n) is 3.03. The highest BCUT2D eigenvalue weighted by molar-refractivity contribution is 7.10. The highest BCUT2D eigenvalue weighted by atomic mass is 32.1. The Kier molecular flexibility index (Phi) is 5.33. The van der Waals surface area contributed by atoms with Crippen molar-refractivity contribution in [3.8, 4) is 0 Å². The average Bonchev–Trinajstić information content (AvgIpc) is 3.21. The summed E-state index contributed by atoms with van der Waals surface area (Å²) in [6.07, 6.45) is 1.64. The van der Waals surface area contributed by atoms with Gasteiger partial charge in [0.25, 0.3) is 5.91 Å². The predicted octanol–water partition coefficient (Wildman–Crippen LogP) is 1.51. The lowest BCUT2D eigenvalue weighted by Crippen LogP contribution is -2.48. The number of likely N-dealkylation sites (N-methyl/N-ethyl adjacent to an activating group) is 1. The van der Waals surface area contributed by atoms with Crippen LogP contribution in [0.4, 0.5) is 0 Å². The minimum absolute atomic E-state index is 0.0451. The summed E-state index contributed by atoms with van der Waals surface area (Å²) in [6, 6.07) is 4.48. The summed E-state index contributed by atoms with van der Waals surface area (Å²) in [5, 5.41) is 9.37. The first-order chi connectivity index (χ1) is 11.6. The van der Waals surface area contributed by atoms with Crippen LogP contribution < -0.4 is 5.32 Å². The van der Waals surface area contributed by atoms with Crippen LogP contribution in [-0.2, 0) is 7.05 Å². The minimum atomic E-state index is -0.0451. The monoisotopic (exact) mass is 347 g/mol. The third-order valence-corrected chi connectivity index (χ3v) is 5.76. The van der Waals surface area contributed by atoms with E-state index in [0.717, 1.165) is 31.9 Å². The Bertz CT molecular complexity index is 673. The molecule has 1 unspecified atom stereocenters. The zero-order valence-corrected chi connectivity index (χ0v) is 15.3. The van der Waals surface area contributed by atoms with Crippen molar-refractivity contribution in [3.63, 3.8) is 0 Å². The van der Waals surface area contributed by atoms with Crippen molar-refractivity contribution in [2.24, 2.45) is 7.05 Å². The molecule has 1 fully saturated rings. The Morgan fingerprint density at radius 3 is 2.67 bits per heavy atom. The standard InChI is InChI=1S/C17H25N5OS/c1-13-14(11-19-21(13)3)17(23)18-12-15(16-5-4-10-24-16)22-8-6-20(2)7-9-22/h4-5,10-11,15H,6-9,12H2,1-3H3,(H,18,23). The molecule has 130 valence electrons. The van der Waals surface area contributed by atoms with Crippen LogP contribution in [0.25, 0.3) is 0 Å². The predicted molar refractivity (Wildman–Crippen MR) is 96.4 cm³/mol. The highest BCUT2D eigenvalue weighted by Crippen LogP contribution is 2.25. The molecule has 3 rings (SSSR count). The fraction of sp³-hybridized carbons (Fsp3) is 0.529. The van der Waals surface area contributed by atoms with Gasteiger partial charge in [0.1, 0.15) is 0 Å². The normalized spacial score (nSPS) is 17.8. The molecule has 0 spiro atoms. The SMILES string of the molecule is Cc1c(C(=O)NCC(c2cccs2)N2CCN(C)CC2)cnn1C. The van der Waals surface area contributed by atoms with Gasteiger partial charge in [0.15, 0.2) is 0 Å². The molecule has 24 heavy (non-hydrogen) atoms. The molecule has 2 aromatic heterocycles. The van der Waals surface area contributed by atoms with Gasteiger partial charge in [-0.15, -0.1) is 11.3 Å². The number of nitrogens with one attached hydrogen (secondary N) is 1. The van der Waals surface area contributed by atoms with Gasteiger partial charge in [0.2, 0.25) is 0 Å². The molecule has 1 N–H and O–H groups in total. The number of rotatable bonds is 5. The number of amides is 1. The number of hydrogen-bond acceptors (Lipinski definition) is 5. The summed E-state index contributed by atoms with van der Waals surface area (Å²) < 4.78 is 1.73. The molecule has 0 aliphatic carbocycles. The van der Waals surface area contributed by atoms with Gasteiger partial charge >= 0.3 is 0 Å². The Balaban J connectivity index is 1.68. The van der Waals surface area contributed by atoms with Crippen LogP contribution in [0.15, 0.2) is 23.7 Å². The lowest BCUT2D eigenvalue weighted by Gasteiger charge is -2.37. The lowest BCUT2D eigenvalue weighted by atomic mass is 10.1. The Morgan fingerprint density at radius 2 is 2.08 bits per heavy atom. The molecule has 7 heteroatoms. The van der Waals surface area contributed by atoms with E-state index in [4.69, 9.17) is 0 Å². The van der Waals surface area contributed by atoms with Crippen molar-refractivity contribution >= 4 is 17.2 Å². The van der Waals surface area contributed by atoms with E-state index in [9.17, 15) is 4.79 Å². The van der Waals surface area contributed by atoms with E-state index < -0.39 is 0 Å². The van der Waals surface area contributed by atoms with Crippen LogP contribution in [0.3, 0.4) is 0 Å². The third kappa shape index (κ3) is 3.68. The second-order valence-corrected chi connectivity index (χ2v) is 7.33. The fourth-order valence-corrected chi connectivity index (χ4v) is 3.89. The van der Waals surface area contributed by atoms with E-state index in [1.54, 1.807) is 22.2 Å². The first-order valence-corrected chi connectivity index (χ1v) is 9.17. The molecule has 1 amide bonds. The van der Waals surface area contributed by atoms with Crippen molar-refractivity contribution < 1.29 is 4.79 Å². The van der Waals surface area contributed by atoms with Gasteiger partial charge in [0, 0.05) is 50.3 Å². The largest absolute Gasteiger partial charge is 0.350 e. The lowest BCUT2D eigenvalue weighted by molar-refractivity contribution is 0.0889. The van der Waals surface area contributed by atoms with E-state index in [1.165, 1.54) is 4.88 Å². The van der Waals surface area contributed by atoms with Crippen LogP contribution in [-0.4, -0.2) is 65.3 Å². The van der Waals surface area contributed by atoms with Crippen molar-refractivity contribution in [3.05, 3.63) is 39.8 Å². The number of hydrogen-bond donors (Lipinski definition) is 1. The van der Waals surface area contributed by atoms with Gasteiger partial charge in [-0.3, -0.25) is 14.4 Å². The molecule has 0 saturated carbocycles. The summed E-state index contributed by atoms with van der Waals surface area (Å²) >= 11 is 1.76. The Morgan fingerprint density at radius 1 is 1.33 bits per heavy atom. The van der Waals surface area contributed by atoms with Gasteiger partial charge in [-0.05, 0) is 25.4 Å². The third-order valence-electron chi connectivity index (χ3n) is 4.79. The van der Waals surface area contributed by atoms with Gasteiger partial charge in [-0.1, -0.05) is 6.07 Å². The molecule has 3 heterocycles. The molecular formula is C17H25N5OS. The Hall–Kier alpha value is -1.70. The number of aromatic nitrogens is 2. The van der Waals surface area contributed by atoms with Gasteiger partial charge in [0.05, 0.1) is 17.8 Å². The molecule has 0 radical (unpaired) electrons. The van der Waals surface area contributed by atoms with E-state index in [0.29, 0.717) is 12.1 Å². The number of thiophene rings is 1. The average molecular weight is 347 g/mol. The first kappa shape index (κ1) is 17.1. The maximum atomic E-state index is 12.5. The topological polar surface area (TPSA) is 53.4 Å². The molecule has 0 aromatic carbocycles. The van der Waals surface area contributed by atoms with Crippen molar-refractivity contribution in [1.82, 2.24) is 24.9 Å². The summed E-state index contributed by atoms with van der Waals surface area (Å²) in [5.74, 6) is -0.0451. The molecule has 1 saturated heterocycles. The summed E-state index contributed by atoms with van der Waals surface area (Å²) in [7, 11) is 4.01. The van der Waals surface area contributed by atoms with Gasteiger partial charge in [-0.25, -0.2) is 0 Å². The van der Waals surface area contributed by atoms with Crippen molar-refractivity contribution in [2.75, 3.05) is 39.8 Å². The van der Waals surface area contributed by atoms with E-state index >= 15 is 0 Å². The van der Waals surface area contributed by atoms with Crippen LogP contribution in [0.5, 0.6) is 0 Å². The zero-order chi connectivity index (χ0) is 17.1. The minimum Gasteiger partial charge on any atom is -0.350 e. The van der Waals surface area contributed by atoms with Gasteiger partial charge in [-0.2, -0.15) is 5.10 Å². The zero-order valence-electron chi connectivity index (χ0n) is 14.5. The molecule has 0 bridgehead atoms. The second-order valence-electron chi connectivity index (χ2n) is 6.35. The quantitative estimate of drug-likeness (QED) is 0.891. The molecule has 1 aliphatic heterocycles. The number of carbonyl (C=O) groups excluding carboxylic acids is 1. The smallest absolute Gasteiger partial charge is 0.254 e. The number of aryl methyl sites for hydroxylation is 1. The molecule has 6 nitrogen and oxygen atoms in total. The second kappa shape index (κ2) is 7.46. The summed E-state index contributed by atoms with van der Waals surface area (Å²) in [4.78, 5) is 18.6. The number of piperazine rings is 1. The molecule has 2 aromatic rings. The Labute approximate surface area is 147 Å². The van der Waals surface area contributed by atoms with Crippen molar-refractivity contribution in [2.45, 2.75) is 13.0 Å².